The lowest BCUT2D eigenvalue weighted by molar-refractivity contribution is 0.0691. The van der Waals surface area contributed by atoms with E-state index in [1.165, 1.54) is 38.3 Å². The molecule has 1 aliphatic carbocycles. The number of hydrogen-bond acceptors (Lipinski definition) is 3. The quantitative estimate of drug-likeness (QED) is 0.937. The first-order valence-electron chi connectivity index (χ1n) is 7.88. The molecular formula is C17H21N3O2. The lowest BCUT2D eigenvalue weighted by atomic mass is 9.89. The van der Waals surface area contributed by atoms with Gasteiger partial charge in [-0.15, -0.1) is 0 Å². The van der Waals surface area contributed by atoms with E-state index in [-0.39, 0.29) is 5.69 Å². The predicted molar refractivity (Wildman–Crippen MR) is 83.7 cm³/mol. The van der Waals surface area contributed by atoms with E-state index < -0.39 is 5.97 Å². The first-order chi connectivity index (χ1) is 10.7. The highest BCUT2D eigenvalue weighted by molar-refractivity contribution is 5.94. The second-order valence-corrected chi connectivity index (χ2v) is 6.03. The van der Waals surface area contributed by atoms with Gasteiger partial charge in [0.05, 0.1) is 6.20 Å². The molecule has 0 aliphatic heterocycles. The van der Waals surface area contributed by atoms with Crippen molar-refractivity contribution in [1.29, 1.82) is 0 Å². The Kier molecular flexibility index (Phi) is 4.22. The number of nitrogens with zero attached hydrogens (tertiary/aromatic N) is 3. The smallest absolute Gasteiger partial charge is 0.355 e. The molecule has 0 saturated heterocycles. The summed E-state index contributed by atoms with van der Waals surface area (Å²) >= 11 is 0. The molecule has 5 heteroatoms. The fraction of sp³-hybridized carbons (Fsp3) is 0.471. The van der Waals surface area contributed by atoms with Gasteiger partial charge in [-0.1, -0.05) is 25.3 Å². The average molecular weight is 299 g/mol. The van der Waals surface area contributed by atoms with E-state index in [1.54, 1.807) is 18.3 Å². The van der Waals surface area contributed by atoms with Gasteiger partial charge < -0.3 is 5.11 Å². The molecule has 2 heterocycles. The van der Waals surface area contributed by atoms with Gasteiger partial charge in [-0.2, -0.15) is 5.10 Å². The normalized spacial score (nSPS) is 15.9. The molecule has 2 aromatic rings. The molecular weight excluding hydrogens is 278 g/mol. The third kappa shape index (κ3) is 2.89. The fourth-order valence-corrected chi connectivity index (χ4v) is 3.30. The van der Waals surface area contributed by atoms with E-state index in [4.69, 9.17) is 0 Å². The number of pyridine rings is 1. The molecule has 116 valence electrons. The standard InChI is InChI=1S/C17H21N3O2/c1-12-15(14-8-5-9-18-16(14)17(21)22)10-19-20(12)11-13-6-3-2-4-7-13/h5,8-10,13H,2-4,6-7,11H2,1H3,(H,21,22). The van der Waals surface area contributed by atoms with Gasteiger partial charge in [0.2, 0.25) is 0 Å². The van der Waals surface area contributed by atoms with Crippen molar-refractivity contribution in [3.8, 4) is 11.1 Å². The third-order valence-electron chi connectivity index (χ3n) is 4.56. The summed E-state index contributed by atoms with van der Waals surface area (Å²) in [4.78, 5) is 15.3. The molecule has 1 saturated carbocycles. The minimum atomic E-state index is -1.00. The number of rotatable bonds is 4. The Morgan fingerprint density at radius 1 is 1.32 bits per heavy atom. The zero-order valence-corrected chi connectivity index (χ0v) is 12.8. The largest absolute Gasteiger partial charge is 0.476 e. The van der Waals surface area contributed by atoms with Crippen LogP contribution in [0.3, 0.4) is 0 Å². The molecule has 0 unspecified atom stereocenters. The zero-order chi connectivity index (χ0) is 15.5. The van der Waals surface area contributed by atoms with Crippen LogP contribution in [-0.2, 0) is 6.54 Å². The molecule has 3 rings (SSSR count). The van der Waals surface area contributed by atoms with Gasteiger partial charge in [-0.25, -0.2) is 9.78 Å². The second-order valence-electron chi connectivity index (χ2n) is 6.03. The molecule has 1 aliphatic rings. The summed E-state index contributed by atoms with van der Waals surface area (Å²) in [5.74, 6) is -0.317. The number of aromatic nitrogens is 3. The van der Waals surface area contributed by atoms with Crippen LogP contribution in [0.2, 0.25) is 0 Å². The van der Waals surface area contributed by atoms with Gasteiger partial charge in [0.25, 0.3) is 0 Å². The Balaban J connectivity index is 1.89. The number of carboxylic acids is 1. The topological polar surface area (TPSA) is 68.0 Å². The first kappa shape index (κ1) is 14.8. The maximum Gasteiger partial charge on any atom is 0.355 e. The Morgan fingerprint density at radius 3 is 2.82 bits per heavy atom. The van der Waals surface area contributed by atoms with E-state index in [1.807, 2.05) is 11.6 Å². The lowest BCUT2D eigenvalue weighted by Crippen LogP contribution is -2.16. The molecule has 0 aromatic carbocycles. The van der Waals surface area contributed by atoms with Crippen molar-refractivity contribution in [2.24, 2.45) is 5.92 Å². The Bertz CT molecular complexity index is 672. The first-order valence-corrected chi connectivity index (χ1v) is 7.88. The lowest BCUT2D eigenvalue weighted by Gasteiger charge is -2.22. The Labute approximate surface area is 130 Å². The predicted octanol–water partition coefficient (Wildman–Crippen LogP) is 3.53. The maximum absolute atomic E-state index is 11.3. The van der Waals surface area contributed by atoms with Gasteiger partial charge in [0, 0.05) is 29.6 Å². The number of carboxylic acid groups (broad SMARTS) is 1. The maximum atomic E-state index is 11.3. The summed E-state index contributed by atoms with van der Waals surface area (Å²) in [7, 11) is 0. The summed E-state index contributed by atoms with van der Waals surface area (Å²) in [6, 6.07) is 3.56. The Hall–Kier alpha value is -2.17. The molecule has 0 radical (unpaired) electrons. The van der Waals surface area contributed by atoms with Crippen LogP contribution in [0.4, 0.5) is 0 Å². The average Bonchev–Trinajstić information content (AvgIpc) is 2.89. The second kappa shape index (κ2) is 6.30. The van der Waals surface area contributed by atoms with E-state index in [0.717, 1.165) is 17.8 Å². The molecule has 22 heavy (non-hydrogen) atoms. The molecule has 0 spiro atoms. The van der Waals surface area contributed by atoms with Crippen LogP contribution in [0.25, 0.3) is 11.1 Å². The summed E-state index contributed by atoms with van der Waals surface area (Å²) in [5.41, 5.74) is 2.60. The summed E-state index contributed by atoms with van der Waals surface area (Å²) in [5, 5.41) is 13.8. The highest BCUT2D eigenvalue weighted by Gasteiger charge is 2.19. The molecule has 1 fully saturated rings. The van der Waals surface area contributed by atoms with E-state index in [0.29, 0.717) is 11.5 Å². The van der Waals surface area contributed by atoms with Gasteiger partial charge in [-0.3, -0.25) is 4.68 Å². The molecule has 0 amide bonds. The van der Waals surface area contributed by atoms with Crippen LogP contribution >= 0.6 is 0 Å². The van der Waals surface area contributed by atoms with Crippen LogP contribution in [0.15, 0.2) is 24.5 Å². The van der Waals surface area contributed by atoms with Crippen LogP contribution in [0, 0.1) is 12.8 Å². The number of hydrogen-bond donors (Lipinski definition) is 1. The van der Waals surface area contributed by atoms with E-state index in [2.05, 4.69) is 10.1 Å². The minimum absolute atomic E-state index is 0.0859. The van der Waals surface area contributed by atoms with Gasteiger partial charge in [0.15, 0.2) is 5.69 Å². The van der Waals surface area contributed by atoms with E-state index in [9.17, 15) is 9.90 Å². The van der Waals surface area contributed by atoms with Crippen LogP contribution < -0.4 is 0 Å². The van der Waals surface area contributed by atoms with Gasteiger partial charge in [0.1, 0.15) is 0 Å². The van der Waals surface area contributed by atoms with Crippen LogP contribution in [0.1, 0.15) is 48.3 Å². The van der Waals surface area contributed by atoms with Crippen LogP contribution in [-0.4, -0.2) is 25.8 Å². The molecule has 1 N–H and O–H groups in total. The molecule has 5 nitrogen and oxygen atoms in total. The van der Waals surface area contributed by atoms with Crippen molar-refractivity contribution in [1.82, 2.24) is 14.8 Å². The highest BCUT2D eigenvalue weighted by Crippen LogP contribution is 2.29. The highest BCUT2D eigenvalue weighted by atomic mass is 16.4. The van der Waals surface area contributed by atoms with Gasteiger partial charge >= 0.3 is 5.97 Å². The third-order valence-corrected chi connectivity index (χ3v) is 4.56. The monoisotopic (exact) mass is 299 g/mol. The van der Waals surface area contributed by atoms with Crippen molar-refractivity contribution < 1.29 is 9.90 Å². The zero-order valence-electron chi connectivity index (χ0n) is 12.8. The van der Waals surface area contributed by atoms with Crippen LogP contribution in [0.5, 0.6) is 0 Å². The summed E-state index contributed by atoms with van der Waals surface area (Å²) in [6.45, 7) is 2.93. The van der Waals surface area contributed by atoms with Gasteiger partial charge in [-0.05, 0) is 31.7 Å². The Morgan fingerprint density at radius 2 is 2.09 bits per heavy atom. The van der Waals surface area contributed by atoms with Crippen molar-refractivity contribution in [3.63, 3.8) is 0 Å². The van der Waals surface area contributed by atoms with Crippen molar-refractivity contribution in [2.75, 3.05) is 0 Å². The number of aromatic carboxylic acids is 1. The minimum Gasteiger partial charge on any atom is -0.476 e. The van der Waals surface area contributed by atoms with Crippen molar-refractivity contribution >= 4 is 5.97 Å². The SMILES string of the molecule is Cc1c(-c2cccnc2C(=O)O)cnn1CC1CCCCC1. The number of carbonyl (C=O) groups is 1. The van der Waals surface area contributed by atoms with E-state index >= 15 is 0 Å². The summed E-state index contributed by atoms with van der Waals surface area (Å²) in [6.07, 6.45) is 9.77. The summed E-state index contributed by atoms with van der Waals surface area (Å²) < 4.78 is 2.02. The molecule has 0 atom stereocenters. The van der Waals surface area contributed by atoms with Crippen molar-refractivity contribution in [3.05, 3.63) is 35.9 Å². The molecule has 2 aromatic heterocycles. The molecule has 0 bridgehead atoms. The van der Waals surface area contributed by atoms with Crippen molar-refractivity contribution in [2.45, 2.75) is 45.6 Å². The fourth-order valence-electron chi connectivity index (χ4n) is 3.30.